The van der Waals surface area contributed by atoms with Crippen molar-refractivity contribution >= 4 is 17.2 Å². The molecule has 0 bridgehead atoms. The van der Waals surface area contributed by atoms with Crippen LogP contribution in [0.5, 0.6) is 0 Å². The molecule has 3 rings (SSSR count). The molecule has 21 heavy (non-hydrogen) atoms. The molecule has 2 aromatic heterocycles. The van der Waals surface area contributed by atoms with E-state index in [-0.39, 0.29) is 0 Å². The van der Waals surface area contributed by atoms with E-state index in [9.17, 15) is 0 Å². The molecular weight excluding hydrogens is 284 g/mol. The van der Waals surface area contributed by atoms with Crippen LogP contribution in [0.15, 0.2) is 22.9 Å². The third-order valence-electron chi connectivity index (χ3n) is 2.99. The fraction of sp³-hybridized carbons (Fsp3) is 0.467. The van der Waals surface area contributed by atoms with Crippen molar-refractivity contribution in [3.8, 4) is 11.3 Å². The Morgan fingerprint density at radius 1 is 1.33 bits per heavy atom. The molecule has 0 amide bonds. The van der Waals surface area contributed by atoms with Gasteiger partial charge in [-0.15, -0.1) is 10.2 Å². The summed E-state index contributed by atoms with van der Waals surface area (Å²) in [7, 11) is 0. The molecule has 1 saturated heterocycles. The van der Waals surface area contributed by atoms with E-state index in [1.165, 1.54) is 0 Å². The first-order chi connectivity index (χ1) is 10.3. The number of thiophene rings is 1. The Hall–Kier alpha value is -1.50. The molecule has 0 spiro atoms. The molecule has 2 N–H and O–H groups in total. The van der Waals surface area contributed by atoms with Gasteiger partial charge in [0.1, 0.15) is 0 Å². The predicted octanol–water partition coefficient (Wildman–Crippen LogP) is 2.55. The minimum atomic E-state index is 0.868. The van der Waals surface area contributed by atoms with Gasteiger partial charge in [-0.05, 0) is 36.9 Å². The van der Waals surface area contributed by atoms with Crippen LogP contribution in [-0.2, 0) is 4.74 Å². The third kappa shape index (κ3) is 5.08. The van der Waals surface area contributed by atoms with Crippen LogP contribution in [0.1, 0.15) is 12.5 Å². The lowest BCUT2D eigenvalue weighted by atomic mass is 10.2. The van der Waals surface area contributed by atoms with Gasteiger partial charge in [0.2, 0.25) is 0 Å². The van der Waals surface area contributed by atoms with Crippen molar-refractivity contribution in [3.05, 3.63) is 28.5 Å². The number of ether oxygens (including phenoxy) is 1. The first-order valence-electron chi connectivity index (χ1n) is 7.20. The van der Waals surface area contributed by atoms with Crippen molar-refractivity contribution in [3.63, 3.8) is 0 Å². The molecule has 0 radical (unpaired) electrons. The molecule has 3 heterocycles. The van der Waals surface area contributed by atoms with Crippen molar-refractivity contribution in [2.45, 2.75) is 13.8 Å². The number of nitrogens with zero attached hydrogens (tertiary/aromatic N) is 2. The van der Waals surface area contributed by atoms with E-state index in [0.29, 0.717) is 0 Å². The second-order valence-corrected chi connectivity index (χ2v) is 5.45. The van der Waals surface area contributed by atoms with Crippen LogP contribution in [0.25, 0.3) is 11.3 Å². The Morgan fingerprint density at radius 3 is 2.62 bits per heavy atom. The zero-order valence-electron chi connectivity index (χ0n) is 12.6. The van der Waals surface area contributed by atoms with E-state index in [1.54, 1.807) is 11.3 Å². The molecule has 2 aromatic rings. The van der Waals surface area contributed by atoms with Crippen LogP contribution in [0, 0.1) is 6.92 Å². The van der Waals surface area contributed by atoms with Crippen molar-refractivity contribution < 1.29 is 4.74 Å². The standard InChI is InChI=1S/C11H13N3S.C4H9NO/c1-3-12-11-8(2)6-10(13-14-11)9-4-5-15-7-9;1-3-6-4-2-5-1/h4-7H,3H2,1-2H3,(H,12,14);5H,1-4H2. The minimum Gasteiger partial charge on any atom is -0.379 e. The monoisotopic (exact) mass is 306 g/mol. The van der Waals surface area contributed by atoms with Crippen LogP contribution in [0.3, 0.4) is 0 Å². The van der Waals surface area contributed by atoms with Gasteiger partial charge in [-0.25, -0.2) is 0 Å². The van der Waals surface area contributed by atoms with Gasteiger partial charge in [0.05, 0.1) is 18.9 Å². The Bertz CT molecular complexity index is 515. The zero-order valence-corrected chi connectivity index (χ0v) is 13.4. The van der Waals surface area contributed by atoms with E-state index in [4.69, 9.17) is 4.74 Å². The van der Waals surface area contributed by atoms with Crippen LogP contribution in [0.2, 0.25) is 0 Å². The molecule has 0 aromatic carbocycles. The number of rotatable bonds is 3. The van der Waals surface area contributed by atoms with Gasteiger partial charge in [-0.2, -0.15) is 11.3 Å². The summed E-state index contributed by atoms with van der Waals surface area (Å²) in [5.74, 6) is 0.872. The van der Waals surface area contributed by atoms with Crippen molar-refractivity contribution in [1.29, 1.82) is 0 Å². The van der Waals surface area contributed by atoms with Gasteiger partial charge in [-0.1, -0.05) is 0 Å². The minimum absolute atomic E-state index is 0.868. The van der Waals surface area contributed by atoms with E-state index in [0.717, 1.165) is 55.5 Å². The summed E-state index contributed by atoms with van der Waals surface area (Å²) >= 11 is 1.67. The second-order valence-electron chi connectivity index (χ2n) is 4.67. The number of morpholine rings is 1. The average molecular weight is 306 g/mol. The van der Waals surface area contributed by atoms with Gasteiger partial charge >= 0.3 is 0 Å². The number of hydrogen-bond donors (Lipinski definition) is 2. The number of hydrogen-bond acceptors (Lipinski definition) is 6. The first-order valence-corrected chi connectivity index (χ1v) is 8.14. The smallest absolute Gasteiger partial charge is 0.151 e. The quantitative estimate of drug-likeness (QED) is 0.912. The first kappa shape index (κ1) is 15.9. The Morgan fingerprint density at radius 2 is 2.14 bits per heavy atom. The fourth-order valence-corrected chi connectivity index (χ4v) is 2.54. The van der Waals surface area contributed by atoms with Crippen LogP contribution >= 0.6 is 11.3 Å². The molecule has 1 aliphatic heterocycles. The van der Waals surface area contributed by atoms with Crippen LogP contribution in [-0.4, -0.2) is 43.0 Å². The molecule has 0 atom stereocenters. The lowest BCUT2D eigenvalue weighted by Gasteiger charge is -2.10. The van der Waals surface area contributed by atoms with Crippen molar-refractivity contribution in [2.75, 3.05) is 38.2 Å². The summed E-state index contributed by atoms with van der Waals surface area (Å²) in [4.78, 5) is 0. The summed E-state index contributed by atoms with van der Waals surface area (Å²) in [5.41, 5.74) is 3.21. The Kier molecular flexibility index (Phi) is 6.59. The summed E-state index contributed by atoms with van der Waals surface area (Å²) in [6.07, 6.45) is 0. The predicted molar refractivity (Wildman–Crippen MR) is 87.9 cm³/mol. The van der Waals surface area contributed by atoms with Crippen LogP contribution in [0.4, 0.5) is 5.82 Å². The largest absolute Gasteiger partial charge is 0.379 e. The Labute approximate surface area is 129 Å². The van der Waals surface area contributed by atoms with Crippen molar-refractivity contribution in [2.24, 2.45) is 0 Å². The Balaban J connectivity index is 0.000000225. The SMILES string of the molecule is C1COCCN1.CCNc1nnc(-c2ccsc2)cc1C. The molecule has 5 nitrogen and oxygen atoms in total. The lowest BCUT2D eigenvalue weighted by molar-refractivity contribution is 0.109. The highest BCUT2D eigenvalue weighted by Crippen LogP contribution is 2.22. The van der Waals surface area contributed by atoms with Gasteiger partial charge in [0.25, 0.3) is 0 Å². The zero-order chi connectivity index (χ0) is 14.9. The maximum Gasteiger partial charge on any atom is 0.151 e. The molecule has 1 aliphatic rings. The van der Waals surface area contributed by atoms with E-state index >= 15 is 0 Å². The number of aryl methyl sites for hydroxylation is 1. The summed E-state index contributed by atoms with van der Waals surface area (Å²) in [6.45, 7) is 8.80. The number of anilines is 1. The molecule has 0 unspecified atom stereocenters. The highest BCUT2D eigenvalue weighted by Gasteiger charge is 2.04. The molecule has 6 heteroatoms. The summed E-state index contributed by atoms with van der Waals surface area (Å²) in [6, 6.07) is 4.12. The average Bonchev–Trinajstić information content (AvgIpc) is 3.06. The number of nitrogens with one attached hydrogen (secondary N) is 2. The fourth-order valence-electron chi connectivity index (χ4n) is 1.89. The van der Waals surface area contributed by atoms with Gasteiger partial charge in [0.15, 0.2) is 5.82 Å². The maximum absolute atomic E-state index is 5.01. The molecule has 0 saturated carbocycles. The maximum atomic E-state index is 5.01. The highest BCUT2D eigenvalue weighted by atomic mass is 32.1. The second kappa shape index (κ2) is 8.71. The van der Waals surface area contributed by atoms with Crippen LogP contribution < -0.4 is 10.6 Å². The molecular formula is C15H22N4OS. The van der Waals surface area contributed by atoms with Gasteiger partial charge < -0.3 is 15.4 Å². The topological polar surface area (TPSA) is 59.1 Å². The normalized spacial score (nSPS) is 14.2. The summed E-state index contributed by atoms with van der Waals surface area (Å²) in [5, 5.41) is 18.8. The molecule has 114 valence electrons. The van der Waals surface area contributed by atoms with E-state index in [1.807, 2.05) is 19.2 Å². The third-order valence-corrected chi connectivity index (χ3v) is 3.68. The van der Waals surface area contributed by atoms with Gasteiger partial charge in [0, 0.05) is 30.6 Å². The molecule has 0 aliphatic carbocycles. The molecule has 1 fully saturated rings. The highest BCUT2D eigenvalue weighted by molar-refractivity contribution is 7.08. The van der Waals surface area contributed by atoms with Crippen molar-refractivity contribution in [1.82, 2.24) is 15.5 Å². The van der Waals surface area contributed by atoms with Gasteiger partial charge in [-0.3, -0.25) is 0 Å². The number of aromatic nitrogens is 2. The summed E-state index contributed by atoms with van der Waals surface area (Å²) < 4.78 is 5.01. The van der Waals surface area contributed by atoms with E-state index < -0.39 is 0 Å². The van der Waals surface area contributed by atoms with E-state index in [2.05, 4.69) is 38.3 Å². The lowest BCUT2D eigenvalue weighted by Crippen LogP contribution is -2.30.